The van der Waals surface area contributed by atoms with E-state index < -0.39 is 15.2 Å². The molecule has 0 saturated heterocycles. The molecule has 33 heavy (non-hydrogen) atoms. The molecule has 0 aliphatic heterocycles. The summed E-state index contributed by atoms with van der Waals surface area (Å²) in [5, 5.41) is 0. The summed E-state index contributed by atoms with van der Waals surface area (Å²) in [6.45, 7) is 13.1. The Kier molecular flexibility index (Phi) is 28.5. The van der Waals surface area contributed by atoms with Crippen LogP contribution in [0.25, 0.3) is 0 Å². The fraction of sp³-hybridized carbons (Fsp3) is 1.00. The van der Waals surface area contributed by atoms with E-state index in [0.29, 0.717) is 13.2 Å². The van der Waals surface area contributed by atoms with Gasteiger partial charge in [-0.25, -0.2) is 0 Å². The van der Waals surface area contributed by atoms with Crippen molar-refractivity contribution in [2.75, 3.05) is 25.5 Å². The zero-order valence-electron chi connectivity index (χ0n) is 22.2. The molecule has 0 aromatic rings. The largest absolute Gasteiger partial charge is 2.00 e. The van der Waals surface area contributed by atoms with Crippen LogP contribution in [0.15, 0.2) is 0 Å². The summed E-state index contributed by atoms with van der Waals surface area (Å²) in [6, 6.07) is 0. The molecule has 0 rings (SSSR count). The molecule has 0 aliphatic carbocycles. The molecule has 0 radical (unpaired) electrons. The Balaban J connectivity index is -0.000000529. The van der Waals surface area contributed by atoms with Gasteiger partial charge in [0.05, 0.1) is 13.2 Å². The third-order valence-electron chi connectivity index (χ3n) is 5.62. The van der Waals surface area contributed by atoms with Crippen molar-refractivity contribution in [1.82, 2.24) is 0 Å². The second-order valence-electron chi connectivity index (χ2n) is 8.79. The van der Waals surface area contributed by atoms with Gasteiger partial charge >= 0.3 is 17.4 Å². The fourth-order valence-corrected chi connectivity index (χ4v) is 6.44. The minimum Gasteiger partial charge on any atom is -0.778 e. The van der Waals surface area contributed by atoms with E-state index >= 15 is 0 Å². The van der Waals surface area contributed by atoms with E-state index in [1.54, 1.807) is 0 Å². The van der Waals surface area contributed by atoms with Gasteiger partial charge in [-0.05, 0) is 37.5 Å². The van der Waals surface area contributed by atoms with Crippen molar-refractivity contribution in [2.45, 2.75) is 119 Å². The summed E-state index contributed by atoms with van der Waals surface area (Å²) < 4.78 is 33.3. The van der Waals surface area contributed by atoms with Crippen LogP contribution in [0.5, 0.6) is 0 Å². The summed E-state index contributed by atoms with van der Waals surface area (Å²) >= 11 is 0. The van der Waals surface area contributed by atoms with Crippen molar-refractivity contribution in [1.29, 1.82) is 0 Å². The molecular weight excluding hydrogens is 498 g/mol. The standard InChI is InChI=1S/2C12H27O3P.Cr/c2*1-4-7-9-12(6-3)11-16(13,14)15-10-8-5-2;/h2*12H,4-11H2,1-3H3,(H,13,14);/q;;+2/p-2. The third-order valence-corrected chi connectivity index (χ3v) is 8.70. The van der Waals surface area contributed by atoms with Crippen LogP contribution in [0, 0.1) is 11.8 Å². The van der Waals surface area contributed by atoms with Gasteiger partial charge in [-0.3, -0.25) is 0 Å². The Morgan fingerprint density at radius 3 is 1.15 bits per heavy atom. The van der Waals surface area contributed by atoms with E-state index in [1.165, 1.54) is 0 Å². The molecular formula is C24H52CrO6P2. The van der Waals surface area contributed by atoms with Crippen LogP contribution in [0.3, 0.4) is 0 Å². The summed E-state index contributed by atoms with van der Waals surface area (Å²) in [6.07, 6.45) is 12.3. The number of unbranched alkanes of at least 4 members (excludes halogenated alkanes) is 4. The first-order valence-corrected chi connectivity index (χ1v) is 16.5. The minimum atomic E-state index is -3.59. The maximum Gasteiger partial charge on any atom is 2.00 e. The maximum atomic E-state index is 11.6. The number of hydrogen-bond acceptors (Lipinski definition) is 6. The SMILES string of the molecule is CCCCOP(=O)([O-])CC(CC)CCCC.CCCCOP(=O)([O-])CC(CC)CCCC.[Cr+2]. The van der Waals surface area contributed by atoms with E-state index in [-0.39, 0.29) is 41.5 Å². The molecule has 6 nitrogen and oxygen atoms in total. The molecule has 0 aliphatic rings. The van der Waals surface area contributed by atoms with Crippen molar-refractivity contribution in [3.8, 4) is 0 Å². The first-order chi connectivity index (χ1) is 15.1. The summed E-state index contributed by atoms with van der Waals surface area (Å²) in [5.74, 6) is 0.537. The van der Waals surface area contributed by atoms with E-state index in [9.17, 15) is 18.9 Å². The molecule has 0 aromatic carbocycles. The van der Waals surface area contributed by atoms with Crippen molar-refractivity contribution < 1.29 is 45.3 Å². The molecule has 4 atom stereocenters. The predicted molar refractivity (Wildman–Crippen MR) is 133 cm³/mol. The zero-order chi connectivity index (χ0) is 24.9. The second kappa shape index (κ2) is 24.5. The average Bonchev–Trinajstić information content (AvgIpc) is 2.74. The molecule has 4 unspecified atom stereocenters. The summed E-state index contributed by atoms with van der Waals surface area (Å²) in [5.41, 5.74) is 0. The number of rotatable bonds is 20. The molecule has 9 heteroatoms. The van der Waals surface area contributed by atoms with Crippen LogP contribution >= 0.6 is 15.2 Å². The van der Waals surface area contributed by atoms with Gasteiger partial charge in [0, 0.05) is 12.3 Å². The fourth-order valence-electron chi connectivity index (χ4n) is 3.27. The van der Waals surface area contributed by atoms with Gasteiger partial charge in [0.1, 0.15) is 15.2 Å². The smallest absolute Gasteiger partial charge is 0.778 e. The van der Waals surface area contributed by atoms with Crippen LogP contribution in [-0.4, -0.2) is 25.5 Å². The summed E-state index contributed by atoms with van der Waals surface area (Å²) in [4.78, 5) is 23.3. The Bertz CT molecular complexity index is 463. The van der Waals surface area contributed by atoms with Crippen molar-refractivity contribution in [2.24, 2.45) is 11.8 Å². The van der Waals surface area contributed by atoms with Gasteiger partial charge in [0.2, 0.25) is 0 Å². The van der Waals surface area contributed by atoms with E-state index in [1.807, 2.05) is 27.7 Å². The predicted octanol–water partition coefficient (Wildman–Crippen LogP) is 7.14. The topological polar surface area (TPSA) is 98.7 Å². The molecule has 0 saturated carbocycles. The molecule has 0 bridgehead atoms. The third kappa shape index (κ3) is 25.7. The van der Waals surface area contributed by atoms with Crippen LogP contribution in [0.2, 0.25) is 0 Å². The van der Waals surface area contributed by atoms with Crippen molar-refractivity contribution >= 4 is 15.2 Å². The first kappa shape index (κ1) is 38.4. The molecule has 0 fully saturated rings. The van der Waals surface area contributed by atoms with Crippen LogP contribution in [-0.2, 0) is 35.5 Å². The Labute approximate surface area is 216 Å². The van der Waals surface area contributed by atoms with Crippen LogP contribution in [0.4, 0.5) is 0 Å². The van der Waals surface area contributed by atoms with Crippen LogP contribution < -0.4 is 9.79 Å². The van der Waals surface area contributed by atoms with Gasteiger partial charge in [0.15, 0.2) is 0 Å². The van der Waals surface area contributed by atoms with Gasteiger partial charge in [0.25, 0.3) is 0 Å². The molecule has 0 aromatic heterocycles. The van der Waals surface area contributed by atoms with Gasteiger partial charge in [-0.1, -0.05) is 92.9 Å². The molecule has 200 valence electrons. The van der Waals surface area contributed by atoms with Crippen molar-refractivity contribution in [3.63, 3.8) is 0 Å². The molecule has 0 N–H and O–H groups in total. The molecule has 0 amide bonds. The van der Waals surface area contributed by atoms with E-state index in [2.05, 4.69) is 13.8 Å². The van der Waals surface area contributed by atoms with Crippen LogP contribution in [0.1, 0.15) is 119 Å². The average molecular weight is 551 g/mol. The zero-order valence-corrected chi connectivity index (χ0v) is 25.3. The molecule has 0 spiro atoms. The Morgan fingerprint density at radius 1 is 0.606 bits per heavy atom. The second-order valence-corrected chi connectivity index (χ2v) is 12.5. The normalized spacial score (nSPS) is 16.5. The summed E-state index contributed by atoms with van der Waals surface area (Å²) in [7, 11) is -7.17. The molecule has 0 heterocycles. The Hall–Kier alpha value is 0.832. The van der Waals surface area contributed by atoms with Gasteiger partial charge in [-0.15, -0.1) is 0 Å². The van der Waals surface area contributed by atoms with Gasteiger partial charge in [-0.2, -0.15) is 0 Å². The Morgan fingerprint density at radius 2 is 0.909 bits per heavy atom. The quantitative estimate of drug-likeness (QED) is 0.118. The monoisotopic (exact) mass is 550 g/mol. The maximum absolute atomic E-state index is 11.6. The minimum absolute atomic E-state index is 0. The van der Waals surface area contributed by atoms with E-state index in [4.69, 9.17) is 9.05 Å². The number of hydrogen-bond donors (Lipinski definition) is 0. The van der Waals surface area contributed by atoms with E-state index in [0.717, 1.165) is 77.0 Å². The van der Waals surface area contributed by atoms with Crippen molar-refractivity contribution in [3.05, 3.63) is 0 Å². The van der Waals surface area contributed by atoms with Gasteiger partial charge < -0.3 is 28.0 Å². The first-order valence-electron chi connectivity index (χ1n) is 13.0.